The number of nitrogens with zero attached hydrogens (tertiary/aromatic N) is 3. The van der Waals surface area contributed by atoms with Crippen molar-refractivity contribution < 1.29 is 27.9 Å². The molecule has 228 valence electrons. The molecule has 2 aliphatic rings. The van der Waals surface area contributed by atoms with E-state index in [1.807, 2.05) is 11.0 Å². The van der Waals surface area contributed by atoms with Crippen molar-refractivity contribution in [2.24, 2.45) is 0 Å². The number of pyridine rings is 1. The van der Waals surface area contributed by atoms with Crippen LogP contribution in [0.2, 0.25) is 0 Å². The highest BCUT2D eigenvalue weighted by atomic mass is 19.1. The lowest BCUT2D eigenvalue weighted by Crippen LogP contribution is -2.43. The minimum Gasteiger partial charge on any atom is -0.460 e. The molecule has 0 bridgehead atoms. The van der Waals surface area contributed by atoms with Gasteiger partial charge >= 0.3 is 5.97 Å². The predicted molar refractivity (Wildman–Crippen MR) is 156 cm³/mol. The van der Waals surface area contributed by atoms with E-state index < -0.39 is 23.3 Å². The minimum absolute atomic E-state index is 0.00928. The van der Waals surface area contributed by atoms with Crippen molar-refractivity contribution in [3.05, 3.63) is 53.1 Å². The van der Waals surface area contributed by atoms with Crippen LogP contribution in [0, 0.1) is 11.6 Å². The molecule has 2 aromatic rings. The third kappa shape index (κ3) is 8.62. The smallest absolute Gasteiger partial charge is 0.306 e. The van der Waals surface area contributed by atoms with Crippen molar-refractivity contribution in [3.63, 3.8) is 0 Å². The third-order valence-corrected chi connectivity index (χ3v) is 7.36. The first-order chi connectivity index (χ1) is 20.0. The number of ether oxygens (including phenoxy) is 1. The molecule has 0 saturated carbocycles. The predicted octanol–water partition coefficient (Wildman–Crippen LogP) is 4.46. The topological polar surface area (TPSA) is 104 Å². The summed E-state index contributed by atoms with van der Waals surface area (Å²) in [6.45, 7) is 7.81. The fourth-order valence-corrected chi connectivity index (χ4v) is 5.38. The average Bonchev–Trinajstić information content (AvgIpc) is 3.63. The Labute approximate surface area is 246 Å². The molecule has 0 spiro atoms. The van der Waals surface area contributed by atoms with Gasteiger partial charge in [0.2, 0.25) is 5.91 Å². The maximum atomic E-state index is 15.2. The van der Waals surface area contributed by atoms with Crippen LogP contribution in [0.3, 0.4) is 0 Å². The van der Waals surface area contributed by atoms with Gasteiger partial charge in [-0.05, 0) is 76.6 Å². The minimum atomic E-state index is -0.616. The van der Waals surface area contributed by atoms with Crippen molar-refractivity contribution in [1.82, 2.24) is 15.2 Å². The van der Waals surface area contributed by atoms with Crippen LogP contribution in [0.15, 0.2) is 30.3 Å². The van der Waals surface area contributed by atoms with Crippen LogP contribution in [-0.2, 0) is 20.7 Å². The molecule has 0 unspecified atom stereocenters. The summed E-state index contributed by atoms with van der Waals surface area (Å²) in [5.74, 6) is -1.54. The number of carbonyl (C=O) groups excluding carboxylic acids is 3. The van der Waals surface area contributed by atoms with Crippen LogP contribution in [0.5, 0.6) is 0 Å². The Balaban J connectivity index is 1.40. The lowest BCUT2D eigenvalue weighted by atomic mass is 10.1. The van der Waals surface area contributed by atoms with E-state index in [2.05, 4.69) is 15.6 Å². The molecular formula is C31H41F2N5O4. The summed E-state index contributed by atoms with van der Waals surface area (Å²) in [6, 6.07) is 7.26. The highest BCUT2D eigenvalue weighted by Crippen LogP contribution is 2.27. The normalized spacial score (nSPS) is 16.9. The zero-order chi connectivity index (χ0) is 30.3. The molecule has 11 heteroatoms. The van der Waals surface area contributed by atoms with Crippen LogP contribution in [0.25, 0.3) is 0 Å². The van der Waals surface area contributed by atoms with Gasteiger partial charge in [-0.2, -0.15) is 0 Å². The van der Waals surface area contributed by atoms with E-state index in [4.69, 9.17) is 4.74 Å². The summed E-state index contributed by atoms with van der Waals surface area (Å²) in [5.41, 5.74) is 0.234. The van der Waals surface area contributed by atoms with Gasteiger partial charge in [0.1, 0.15) is 17.2 Å². The van der Waals surface area contributed by atoms with Gasteiger partial charge < -0.3 is 25.2 Å². The Hall–Kier alpha value is -3.76. The van der Waals surface area contributed by atoms with Gasteiger partial charge in [0.25, 0.3) is 5.91 Å². The lowest BCUT2D eigenvalue weighted by Gasteiger charge is -2.26. The fraction of sp³-hybridized carbons (Fsp3) is 0.548. The zero-order valence-corrected chi connectivity index (χ0v) is 24.7. The van der Waals surface area contributed by atoms with Crippen LogP contribution in [-0.4, -0.2) is 72.0 Å². The van der Waals surface area contributed by atoms with E-state index >= 15 is 4.39 Å². The number of esters is 1. The quantitative estimate of drug-likeness (QED) is 0.376. The first-order valence-corrected chi connectivity index (χ1v) is 14.7. The highest BCUT2D eigenvalue weighted by Gasteiger charge is 2.30. The van der Waals surface area contributed by atoms with Crippen molar-refractivity contribution in [2.75, 3.05) is 42.9 Å². The lowest BCUT2D eigenvalue weighted by molar-refractivity contribution is -0.156. The van der Waals surface area contributed by atoms with E-state index in [0.717, 1.165) is 24.8 Å². The standard InChI is InChI=1S/C31H41F2N5O4/c1-31(2,3)42-27(40)12-11-26(39)38-17-7-10-23(38)20-35-30(41)24-19-25(33)29(37-15-4-5-16-37)36-28(24)34-14-13-21-8-6-9-22(32)18-21/h6,8-9,18-19,23H,4-5,7,10-17,20H2,1-3H3,(H,34,36)(H,35,41)/t23-/m1/s1. The third-order valence-electron chi connectivity index (χ3n) is 7.36. The van der Waals surface area contributed by atoms with Gasteiger partial charge in [0.05, 0.1) is 12.0 Å². The molecule has 42 heavy (non-hydrogen) atoms. The molecule has 1 atom stereocenters. The molecular weight excluding hydrogens is 544 g/mol. The molecule has 9 nitrogen and oxygen atoms in total. The van der Waals surface area contributed by atoms with Gasteiger partial charge in [0.15, 0.2) is 11.6 Å². The van der Waals surface area contributed by atoms with E-state index in [-0.39, 0.29) is 54.4 Å². The number of rotatable bonds is 11. The summed E-state index contributed by atoms with van der Waals surface area (Å²) >= 11 is 0. The van der Waals surface area contributed by atoms with Gasteiger partial charge in [-0.25, -0.2) is 13.8 Å². The number of likely N-dealkylation sites (tertiary alicyclic amines) is 1. The van der Waals surface area contributed by atoms with E-state index in [1.165, 1.54) is 18.2 Å². The first kappa shape index (κ1) is 31.2. The number of benzene rings is 1. The number of aromatic nitrogens is 1. The van der Waals surface area contributed by atoms with Crippen molar-refractivity contribution in [2.45, 2.75) is 77.4 Å². The van der Waals surface area contributed by atoms with Crippen LogP contribution >= 0.6 is 0 Å². The largest absolute Gasteiger partial charge is 0.460 e. The Morgan fingerprint density at radius 3 is 2.52 bits per heavy atom. The molecule has 0 radical (unpaired) electrons. The number of hydrogen-bond acceptors (Lipinski definition) is 7. The van der Waals surface area contributed by atoms with E-state index in [0.29, 0.717) is 39.0 Å². The maximum absolute atomic E-state index is 15.2. The van der Waals surface area contributed by atoms with Crippen molar-refractivity contribution in [3.8, 4) is 0 Å². The molecule has 2 saturated heterocycles. The van der Waals surface area contributed by atoms with E-state index in [1.54, 1.807) is 31.7 Å². The molecule has 3 heterocycles. The molecule has 2 fully saturated rings. The number of carbonyl (C=O) groups is 3. The average molecular weight is 586 g/mol. The van der Waals surface area contributed by atoms with Crippen molar-refractivity contribution in [1.29, 1.82) is 0 Å². The van der Waals surface area contributed by atoms with Gasteiger partial charge in [0, 0.05) is 45.2 Å². The zero-order valence-electron chi connectivity index (χ0n) is 24.7. The van der Waals surface area contributed by atoms with Gasteiger partial charge in [-0.15, -0.1) is 0 Å². The highest BCUT2D eigenvalue weighted by molar-refractivity contribution is 5.99. The maximum Gasteiger partial charge on any atom is 0.306 e. The molecule has 1 aromatic heterocycles. The Bertz CT molecular complexity index is 1280. The SMILES string of the molecule is CC(C)(C)OC(=O)CCC(=O)N1CCC[C@@H]1CNC(=O)c1cc(F)c(N2CCCC2)nc1NCCc1cccc(F)c1. The first-order valence-electron chi connectivity index (χ1n) is 14.7. The van der Waals surface area contributed by atoms with E-state index in [9.17, 15) is 18.8 Å². The number of hydrogen-bond donors (Lipinski definition) is 2. The summed E-state index contributed by atoms with van der Waals surface area (Å²) in [7, 11) is 0. The summed E-state index contributed by atoms with van der Waals surface area (Å²) in [6.07, 6.45) is 3.89. The summed E-state index contributed by atoms with van der Waals surface area (Å²) in [5, 5.41) is 6.02. The fourth-order valence-electron chi connectivity index (χ4n) is 5.38. The Morgan fingerprint density at radius 1 is 1.05 bits per heavy atom. The molecule has 1 aromatic carbocycles. The van der Waals surface area contributed by atoms with Crippen LogP contribution < -0.4 is 15.5 Å². The molecule has 4 rings (SSSR count). The van der Waals surface area contributed by atoms with Crippen LogP contribution in [0.4, 0.5) is 20.4 Å². The second kappa shape index (κ2) is 13.9. The molecule has 2 amide bonds. The number of halogens is 2. The Kier molecular flexibility index (Phi) is 10.3. The number of nitrogens with one attached hydrogen (secondary N) is 2. The second-order valence-electron chi connectivity index (χ2n) is 11.9. The van der Waals surface area contributed by atoms with Crippen LogP contribution in [0.1, 0.15) is 75.2 Å². The molecule has 2 N–H and O–H groups in total. The van der Waals surface area contributed by atoms with Gasteiger partial charge in [-0.1, -0.05) is 12.1 Å². The summed E-state index contributed by atoms with van der Waals surface area (Å²) in [4.78, 5) is 46.3. The molecule has 0 aliphatic carbocycles. The second-order valence-corrected chi connectivity index (χ2v) is 11.9. The van der Waals surface area contributed by atoms with Crippen molar-refractivity contribution >= 4 is 29.4 Å². The Morgan fingerprint density at radius 2 is 1.81 bits per heavy atom. The van der Waals surface area contributed by atoms with Gasteiger partial charge in [-0.3, -0.25) is 14.4 Å². The monoisotopic (exact) mass is 585 g/mol. The molecule has 2 aliphatic heterocycles. The summed E-state index contributed by atoms with van der Waals surface area (Å²) < 4.78 is 34.1. The number of amides is 2. The number of anilines is 2.